The molecule has 1 N–H and O–H groups in total. The highest BCUT2D eigenvalue weighted by Gasteiger charge is 2.18. The maximum absolute atomic E-state index is 12.5. The van der Waals surface area contributed by atoms with Gasteiger partial charge in [-0.2, -0.15) is 0 Å². The molecule has 0 amide bonds. The van der Waals surface area contributed by atoms with Crippen LogP contribution >= 0.6 is 0 Å². The molecule has 1 saturated heterocycles. The smallest absolute Gasteiger partial charge is 0.262 e. The molecule has 0 radical (unpaired) electrons. The number of benzene rings is 1. The third-order valence-electron chi connectivity index (χ3n) is 4.49. The summed E-state index contributed by atoms with van der Waals surface area (Å²) >= 11 is 0. The summed E-state index contributed by atoms with van der Waals surface area (Å²) < 4.78 is 27.6. The standard InChI is InChI=1S/C18H23N3O2S/c1-14-9-11-21(12-10-14)18-8-7-16(13-19-18)20-24(22,23)17-6-4-3-5-15(17)2/h3-8,13-14,20H,9-12H2,1-2H3. The highest BCUT2D eigenvalue weighted by Crippen LogP contribution is 2.23. The molecule has 1 aromatic carbocycles. The molecule has 128 valence electrons. The number of aromatic nitrogens is 1. The number of anilines is 2. The van der Waals surface area contributed by atoms with Gasteiger partial charge in [-0.25, -0.2) is 13.4 Å². The molecule has 2 aromatic rings. The van der Waals surface area contributed by atoms with Crippen molar-refractivity contribution in [3.05, 3.63) is 48.2 Å². The fraction of sp³-hybridized carbons (Fsp3) is 0.389. The average Bonchev–Trinajstić information content (AvgIpc) is 2.56. The van der Waals surface area contributed by atoms with Gasteiger partial charge in [0.2, 0.25) is 0 Å². The summed E-state index contributed by atoms with van der Waals surface area (Å²) in [6.07, 6.45) is 3.93. The summed E-state index contributed by atoms with van der Waals surface area (Å²) in [5, 5.41) is 0. The monoisotopic (exact) mass is 345 g/mol. The molecule has 0 unspecified atom stereocenters. The van der Waals surface area contributed by atoms with E-state index in [-0.39, 0.29) is 0 Å². The van der Waals surface area contributed by atoms with Gasteiger partial charge in [-0.3, -0.25) is 4.72 Å². The Morgan fingerprint density at radius 3 is 2.46 bits per heavy atom. The Kier molecular flexibility index (Phi) is 4.76. The fourth-order valence-corrected chi connectivity index (χ4v) is 4.23. The topological polar surface area (TPSA) is 62.3 Å². The summed E-state index contributed by atoms with van der Waals surface area (Å²) in [4.78, 5) is 6.97. The van der Waals surface area contributed by atoms with Gasteiger partial charge in [-0.1, -0.05) is 25.1 Å². The number of rotatable bonds is 4. The Hall–Kier alpha value is -2.08. The summed E-state index contributed by atoms with van der Waals surface area (Å²) in [6, 6.07) is 10.6. The van der Waals surface area contributed by atoms with Crippen LogP contribution in [0.2, 0.25) is 0 Å². The molecule has 0 aliphatic carbocycles. The number of piperidine rings is 1. The molecule has 1 fully saturated rings. The van der Waals surface area contributed by atoms with Crippen molar-refractivity contribution in [2.75, 3.05) is 22.7 Å². The highest BCUT2D eigenvalue weighted by atomic mass is 32.2. The molecular weight excluding hydrogens is 322 g/mol. The SMILES string of the molecule is Cc1ccccc1S(=O)(=O)Nc1ccc(N2CCC(C)CC2)nc1. The van der Waals surface area contributed by atoms with Crippen molar-refractivity contribution in [2.24, 2.45) is 5.92 Å². The molecule has 24 heavy (non-hydrogen) atoms. The van der Waals surface area contributed by atoms with Gasteiger partial charge >= 0.3 is 0 Å². The zero-order valence-electron chi connectivity index (χ0n) is 14.1. The third kappa shape index (κ3) is 3.70. The van der Waals surface area contributed by atoms with Crippen molar-refractivity contribution in [3.63, 3.8) is 0 Å². The van der Waals surface area contributed by atoms with E-state index in [4.69, 9.17) is 0 Å². The lowest BCUT2D eigenvalue weighted by molar-refractivity contribution is 0.436. The van der Waals surface area contributed by atoms with Gasteiger partial charge in [0.25, 0.3) is 10.0 Å². The van der Waals surface area contributed by atoms with E-state index in [1.54, 1.807) is 37.4 Å². The van der Waals surface area contributed by atoms with Gasteiger partial charge in [0.15, 0.2) is 0 Å². The molecule has 1 aliphatic heterocycles. The minimum absolute atomic E-state index is 0.291. The molecule has 0 spiro atoms. The Morgan fingerprint density at radius 1 is 1.12 bits per heavy atom. The van der Waals surface area contributed by atoms with E-state index in [0.29, 0.717) is 10.6 Å². The number of aryl methyl sites for hydroxylation is 1. The molecule has 2 heterocycles. The van der Waals surface area contributed by atoms with Gasteiger partial charge in [-0.15, -0.1) is 0 Å². The van der Waals surface area contributed by atoms with Crippen LogP contribution in [0, 0.1) is 12.8 Å². The molecule has 0 atom stereocenters. The minimum atomic E-state index is -3.59. The van der Waals surface area contributed by atoms with Crippen LogP contribution in [0.4, 0.5) is 11.5 Å². The minimum Gasteiger partial charge on any atom is -0.357 e. The normalized spacial score (nSPS) is 16.2. The van der Waals surface area contributed by atoms with E-state index < -0.39 is 10.0 Å². The third-order valence-corrected chi connectivity index (χ3v) is 6.03. The maximum Gasteiger partial charge on any atom is 0.262 e. The van der Waals surface area contributed by atoms with Crippen molar-refractivity contribution in [2.45, 2.75) is 31.6 Å². The summed E-state index contributed by atoms with van der Waals surface area (Å²) in [5.41, 5.74) is 1.20. The number of nitrogens with zero attached hydrogens (tertiary/aromatic N) is 2. The second kappa shape index (κ2) is 6.81. The molecule has 5 nitrogen and oxygen atoms in total. The lowest BCUT2D eigenvalue weighted by Crippen LogP contribution is -2.33. The van der Waals surface area contributed by atoms with E-state index in [1.807, 2.05) is 12.1 Å². The highest BCUT2D eigenvalue weighted by molar-refractivity contribution is 7.92. The quantitative estimate of drug-likeness (QED) is 0.922. The van der Waals surface area contributed by atoms with Crippen molar-refractivity contribution in [3.8, 4) is 0 Å². The molecule has 6 heteroatoms. The number of hydrogen-bond acceptors (Lipinski definition) is 4. The van der Waals surface area contributed by atoms with E-state index in [9.17, 15) is 8.42 Å². The lowest BCUT2D eigenvalue weighted by atomic mass is 9.99. The molecule has 3 rings (SSSR count). The van der Waals surface area contributed by atoms with Gasteiger partial charge < -0.3 is 4.90 Å². The zero-order chi connectivity index (χ0) is 17.2. The van der Waals surface area contributed by atoms with Gasteiger partial charge in [0.1, 0.15) is 5.82 Å². The van der Waals surface area contributed by atoms with E-state index in [0.717, 1.165) is 30.4 Å². The number of sulfonamides is 1. The first-order valence-corrected chi connectivity index (χ1v) is 9.73. The van der Waals surface area contributed by atoms with Gasteiger partial charge in [0, 0.05) is 13.1 Å². The number of pyridine rings is 1. The van der Waals surface area contributed by atoms with Gasteiger partial charge in [0.05, 0.1) is 16.8 Å². The second-order valence-electron chi connectivity index (χ2n) is 6.45. The first-order chi connectivity index (χ1) is 11.5. The molecule has 0 saturated carbocycles. The maximum atomic E-state index is 12.5. The van der Waals surface area contributed by atoms with Crippen LogP contribution in [0.15, 0.2) is 47.5 Å². The molecule has 1 aromatic heterocycles. The Bertz CT molecular complexity index is 795. The predicted molar refractivity (Wildman–Crippen MR) is 96.8 cm³/mol. The lowest BCUT2D eigenvalue weighted by Gasteiger charge is -2.31. The van der Waals surface area contributed by atoms with Crippen LogP contribution in [0.5, 0.6) is 0 Å². The fourth-order valence-electron chi connectivity index (χ4n) is 2.94. The van der Waals surface area contributed by atoms with Crippen LogP contribution in [-0.2, 0) is 10.0 Å². The van der Waals surface area contributed by atoms with Gasteiger partial charge in [-0.05, 0) is 49.4 Å². The largest absolute Gasteiger partial charge is 0.357 e. The van der Waals surface area contributed by atoms with Crippen LogP contribution in [0.3, 0.4) is 0 Å². The second-order valence-corrected chi connectivity index (χ2v) is 8.10. The number of nitrogens with one attached hydrogen (secondary N) is 1. The summed E-state index contributed by atoms with van der Waals surface area (Å²) in [5.74, 6) is 1.67. The Balaban J connectivity index is 1.73. The van der Waals surface area contributed by atoms with Crippen molar-refractivity contribution >= 4 is 21.5 Å². The predicted octanol–water partition coefficient (Wildman–Crippen LogP) is 3.43. The van der Waals surface area contributed by atoms with Crippen molar-refractivity contribution in [1.29, 1.82) is 0 Å². The Labute approximate surface area is 143 Å². The average molecular weight is 345 g/mol. The zero-order valence-corrected chi connectivity index (χ0v) is 14.9. The first-order valence-electron chi connectivity index (χ1n) is 8.25. The molecule has 0 bridgehead atoms. The van der Waals surface area contributed by atoms with Crippen LogP contribution in [-0.4, -0.2) is 26.5 Å². The van der Waals surface area contributed by atoms with Crippen LogP contribution in [0.1, 0.15) is 25.3 Å². The number of hydrogen-bond donors (Lipinski definition) is 1. The van der Waals surface area contributed by atoms with E-state index >= 15 is 0 Å². The van der Waals surface area contributed by atoms with Crippen molar-refractivity contribution < 1.29 is 8.42 Å². The van der Waals surface area contributed by atoms with Crippen LogP contribution in [0.25, 0.3) is 0 Å². The van der Waals surface area contributed by atoms with Crippen LogP contribution < -0.4 is 9.62 Å². The summed E-state index contributed by atoms with van der Waals surface area (Å²) in [6.45, 7) is 6.06. The summed E-state index contributed by atoms with van der Waals surface area (Å²) in [7, 11) is -3.59. The van der Waals surface area contributed by atoms with E-state index in [2.05, 4.69) is 21.5 Å². The molecular formula is C18H23N3O2S. The van der Waals surface area contributed by atoms with E-state index in [1.165, 1.54) is 12.8 Å². The first kappa shape index (κ1) is 16.8. The van der Waals surface area contributed by atoms with Crippen molar-refractivity contribution in [1.82, 2.24) is 4.98 Å². The Morgan fingerprint density at radius 2 is 1.83 bits per heavy atom. The molecule has 1 aliphatic rings.